The Labute approximate surface area is 126 Å². The molecule has 6 nitrogen and oxygen atoms in total. The van der Waals surface area contributed by atoms with Crippen LogP contribution in [0, 0.1) is 5.92 Å². The number of nitrogens with one attached hydrogen (secondary N) is 1. The number of hydrogen-bond donors (Lipinski definition) is 1. The lowest BCUT2D eigenvalue weighted by molar-refractivity contribution is -0.187. The molecule has 2 heterocycles. The van der Waals surface area contributed by atoms with Crippen LogP contribution in [0.25, 0.3) is 0 Å². The normalized spacial score (nSPS) is 21.0. The van der Waals surface area contributed by atoms with Gasteiger partial charge in [-0.3, -0.25) is 9.59 Å². The maximum absolute atomic E-state index is 12.1. The first-order valence-electron chi connectivity index (χ1n) is 7.93. The van der Waals surface area contributed by atoms with Crippen LogP contribution >= 0.6 is 0 Å². The molecule has 1 N–H and O–H groups in total. The van der Waals surface area contributed by atoms with Gasteiger partial charge in [0, 0.05) is 31.8 Å². The molecule has 21 heavy (non-hydrogen) atoms. The van der Waals surface area contributed by atoms with Crippen LogP contribution in [0.3, 0.4) is 0 Å². The number of piperidine rings is 1. The second-order valence-corrected chi connectivity index (χ2v) is 5.72. The minimum atomic E-state index is -0.463. The molecule has 0 saturated carbocycles. The molecule has 2 rings (SSSR count). The van der Waals surface area contributed by atoms with Gasteiger partial charge in [-0.15, -0.1) is 0 Å². The molecular formula is C15H26N2O4. The van der Waals surface area contributed by atoms with Gasteiger partial charge in [-0.25, -0.2) is 0 Å². The van der Waals surface area contributed by atoms with Gasteiger partial charge in [-0.2, -0.15) is 0 Å². The molecule has 0 radical (unpaired) electrons. The van der Waals surface area contributed by atoms with Crippen molar-refractivity contribution < 1.29 is 19.1 Å². The maximum Gasteiger partial charge on any atom is 0.241 e. The van der Waals surface area contributed by atoms with Crippen LogP contribution in [0.4, 0.5) is 0 Å². The molecule has 2 amide bonds. The molecule has 0 aliphatic carbocycles. The zero-order chi connectivity index (χ0) is 15.3. The van der Waals surface area contributed by atoms with Crippen LogP contribution < -0.4 is 5.32 Å². The second-order valence-electron chi connectivity index (χ2n) is 5.72. The fourth-order valence-corrected chi connectivity index (χ4v) is 2.96. The molecule has 0 aromatic rings. The lowest BCUT2D eigenvalue weighted by atomic mass is 10.0. The molecular weight excluding hydrogens is 272 g/mol. The van der Waals surface area contributed by atoms with E-state index in [1.165, 1.54) is 0 Å². The molecule has 0 atom stereocenters. The first-order valence-corrected chi connectivity index (χ1v) is 7.93. The van der Waals surface area contributed by atoms with Gasteiger partial charge in [0.2, 0.25) is 11.8 Å². The summed E-state index contributed by atoms with van der Waals surface area (Å²) in [7, 11) is 0. The molecule has 0 unspecified atom stereocenters. The summed E-state index contributed by atoms with van der Waals surface area (Å²) in [5, 5.41) is 2.75. The Balaban J connectivity index is 1.73. The van der Waals surface area contributed by atoms with Crippen LogP contribution in [0.2, 0.25) is 0 Å². The number of carbonyl (C=O) groups excluding carboxylic acids is 2. The zero-order valence-electron chi connectivity index (χ0n) is 13.0. The average Bonchev–Trinajstić information content (AvgIpc) is 2.95. The summed E-state index contributed by atoms with van der Waals surface area (Å²) in [6, 6.07) is 0. The Morgan fingerprint density at radius 2 is 1.71 bits per heavy atom. The fourth-order valence-electron chi connectivity index (χ4n) is 2.96. The number of likely N-dealkylation sites (tertiary alicyclic amines) is 1. The van der Waals surface area contributed by atoms with Gasteiger partial charge in [0.15, 0.2) is 5.79 Å². The number of hydrogen-bond acceptors (Lipinski definition) is 4. The molecule has 0 aromatic carbocycles. The zero-order valence-corrected chi connectivity index (χ0v) is 13.0. The van der Waals surface area contributed by atoms with Crippen molar-refractivity contribution in [1.29, 1.82) is 0 Å². The van der Waals surface area contributed by atoms with Crippen LogP contribution in [-0.2, 0) is 19.1 Å². The number of ether oxygens (including phenoxy) is 2. The van der Waals surface area contributed by atoms with Gasteiger partial charge in [0.25, 0.3) is 0 Å². The molecule has 2 fully saturated rings. The highest BCUT2D eigenvalue weighted by Crippen LogP contribution is 2.31. The van der Waals surface area contributed by atoms with Gasteiger partial charge in [0.05, 0.1) is 19.8 Å². The SMILES string of the molecule is CCC(CC)C(=O)NCC(=O)N1CCC2(CC1)OCCO2. The van der Waals surface area contributed by atoms with Crippen LogP contribution in [0.5, 0.6) is 0 Å². The predicted molar refractivity (Wildman–Crippen MR) is 77.5 cm³/mol. The van der Waals surface area contributed by atoms with Crippen molar-refractivity contribution in [3.05, 3.63) is 0 Å². The maximum atomic E-state index is 12.1. The third kappa shape index (κ3) is 3.95. The van der Waals surface area contributed by atoms with Crippen molar-refractivity contribution in [2.75, 3.05) is 32.8 Å². The van der Waals surface area contributed by atoms with Gasteiger partial charge < -0.3 is 19.7 Å². The smallest absolute Gasteiger partial charge is 0.241 e. The molecule has 0 aromatic heterocycles. The van der Waals surface area contributed by atoms with Crippen molar-refractivity contribution in [1.82, 2.24) is 10.2 Å². The van der Waals surface area contributed by atoms with E-state index in [1.54, 1.807) is 4.90 Å². The summed E-state index contributed by atoms with van der Waals surface area (Å²) in [5.41, 5.74) is 0. The van der Waals surface area contributed by atoms with E-state index in [0.717, 1.165) is 12.8 Å². The molecule has 2 aliphatic heterocycles. The highest BCUT2D eigenvalue weighted by atomic mass is 16.7. The fraction of sp³-hybridized carbons (Fsp3) is 0.867. The summed E-state index contributed by atoms with van der Waals surface area (Å²) in [6.07, 6.45) is 3.02. The number of carbonyl (C=O) groups is 2. The van der Waals surface area contributed by atoms with E-state index in [1.807, 2.05) is 13.8 Å². The standard InChI is InChI=1S/C15H26N2O4/c1-3-12(4-2)14(19)16-11-13(18)17-7-5-15(6-8-17)20-9-10-21-15/h12H,3-11H2,1-2H3,(H,16,19). The first-order chi connectivity index (χ1) is 10.1. The molecule has 120 valence electrons. The molecule has 6 heteroatoms. The summed E-state index contributed by atoms with van der Waals surface area (Å²) in [4.78, 5) is 25.8. The third-order valence-corrected chi connectivity index (χ3v) is 4.46. The Hall–Kier alpha value is -1.14. The monoisotopic (exact) mass is 298 g/mol. The van der Waals surface area contributed by atoms with E-state index in [9.17, 15) is 9.59 Å². The molecule has 1 spiro atoms. The van der Waals surface area contributed by atoms with Gasteiger partial charge in [-0.1, -0.05) is 13.8 Å². The summed E-state index contributed by atoms with van der Waals surface area (Å²) in [5.74, 6) is -0.510. The largest absolute Gasteiger partial charge is 0.347 e. The van der Waals surface area contributed by atoms with Crippen molar-refractivity contribution >= 4 is 11.8 Å². The van der Waals surface area contributed by atoms with E-state index < -0.39 is 5.79 Å². The Kier molecular flexibility index (Phi) is 5.58. The van der Waals surface area contributed by atoms with E-state index in [0.29, 0.717) is 39.1 Å². The van der Waals surface area contributed by atoms with E-state index in [-0.39, 0.29) is 24.3 Å². The summed E-state index contributed by atoms with van der Waals surface area (Å²) in [6.45, 7) is 6.59. The van der Waals surface area contributed by atoms with Gasteiger partial charge >= 0.3 is 0 Å². The Morgan fingerprint density at radius 1 is 1.14 bits per heavy atom. The minimum absolute atomic E-state index is 0.00251. The second kappa shape index (κ2) is 7.22. The number of rotatable bonds is 5. The predicted octanol–water partition coefficient (Wildman–Crippen LogP) is 0.904. The molecule has 0 bridgehead atoms. The molecule has 2 aliphatic rings. The number of amides is 2. The topological polar surface area (TPSA) is 67.9 Å². The lowest BCUT2D eigenvalue weighted by Gasteiger charge is -2.37. The lowest BCUT2D eigenvalue weighted by Crippen LogP contribution is -2.50. The summed E-state index contributed by atoms with van der Waals surface area (Å²) < 4.78 is 11.3. The first kappa shape index (κ1) is 16.2. The van der Waals surface area contributed by atoms with Crippen LogP contribution in [0.15, 0.2) is 0 Å². The van der Waals surface area contributed by atoms with Crippen LogP contribution in [0.1, 0.15) is 39.5 Å². The van der Waals surface area contributed by atoms with Crippen molar-refractivity contribution in [2.45, 2.75) is 45.3 Å². The quantitative estimate of drug-likeness (QED) is 0.819. The minimum Gasteiger partial charge on any atom is -0.347 e. The van der Waals surface area contributed by atoms with E-state index in [2.05, 4.69) is 5.32 Å². The average molecular weight is 298 g/mol. The van der Waals surface area contributed by atoms with E-state index in [4.69, 9.17) is 9.47 Å². The van der Waals surface area contributed by atoms with Crippen molar-refractivity contribution in [3.63, 3.8) is 0 Å². The number of nitrogens with zero attached hydrogens (tertiary/aromatic N) is 1. The van der Waals surface area contributed by atoms with Gasteiger partial charge in [-0.05, 0) is 12.8 Å². The van der Waals surface area contributed by atoms with E-state index >= 15 is 0 Å². The highest BCUT2D eigenvalue weighted by molar-refractivity contribution is 5.85. The van der Waals surface area contributed by atoms with Crippen molar-refractivity contribution in [2.24, 2.45) is 5.92 Å². The van der Waals surface area contributed by atoms with Crippen molar-refractivity contribution in [3.8, 4) is 0 Å². The Morgan fingerprint density at radius 3 is 2.24 bits per heavy atom. The third-order valence-electron chi connectivity index (χ3n) is 4.46. The summed E-state index contributed by atoms with van der Waals surface area (Å²) >= 11 is 0. The van der Waals surface area contributed by atoms with Crippen LogP contribution in [-0.4, -0.2) is 55.3 Å². The highest BCUT2D eigenvalue weighted by Gasteiger charge is 2.40. The van der Waals surface area contributed by atoms with Gasteiger partial charge in [0.1, 0.15) is 0 Å². The Bertz CT molecular complexity index is 366. The molecule has 2 saturated heterocycles.